The zero-order chi connectivity index (χ0) is 20.9. The van der Waals surface area contributed by atoms with Gasteiger partial charge in [-0.2, -0.15) is 0 Å². The zero-order valence-electron chi connectivity index (χ0n) is 16.6. The van der Waals surface area contributed by atoms with Gasteiger partial charge in [-0.25, -0.2) is 0 Å². The van der Waals surface area contributed by atoms with Crippen LogP contribution in [0.1, 0.15) is 33.3 Å². The quantitative estimate of drug-likeness (QED) is 0.609. The number of nitrogens with one attached hydrogen (secondary N) is 1. The molecule has 0 bridgehead atoms. The molecule has 8 heteroatoms. The van der Waals surface area contributed by atoms with Crippen LogP contribution in [0.15, 0.2) is 30.3 Å². The number of hydrogen-bond acceptors (Lipinski definition) is 7. The topological polar surface area (TPSA) is 114 Å². The van der Waals surface area contributed by atoms with E-state index in [1.165, 1.54) is 6.92 Å². The lowest BCUT2D eigenvalue weighted by Crippen LogP contribution is -2.65. The Balaban J connectivity index is 2.07. The van der Waals surface area contributed by atoms with E-state index in [9.17, 15) is 19.8 Å². The largest absolute Gasteiger partial charge is 0.457 e. The highest BCUT2D eigenvalue weighted by atomic mass is 16.6. The van der Waals surface area contributed by atoms with E-state index in [0.717, 1.165) is 5.56 Å². The molecule has 3 N–H and O–H groups in total. The number of benzene rings is 1. The van der Waals surface area contributed by atoms with Crippen molar-refractivity contribution >= 4 is 11.9 Å². The van der Waals surface area contributed by atoms with Gasteiger partial charge in [0.2, 0.25) is 5.91 Å². The fourth-order valence-corrected chi connectivity index (χ4v) is 2.77. The number of aliphatic hydroxyl groups is 2. The Morgan fingerprint density at radius 1 is 1.18 bits per heavy atom. The summed E-state index contributed by atoms with van der Waals surface area (Å²) in [5, 5.41) is 23.5. The van der Waals surface area contributed by atoms with Crippen molar-refractivity contribution in [1.29, 1.82) is 0 Å². The van der Waals surface area contributed by atoms with Crippen molar-refractivity contribution in [2.24, 2.45) is 5.41 Å². The minimum Gasteiger partial charge on any atom is -0.457 e. The maximum Gasteiger partial charge on any atom is 0.311 e. The Kier molecular flexibility index (Phi) is 7.54. The van der Waals surface area contributed by atoms with Crippen LogP contribution in [0.2, 0.25) is 0 Å². The molecule has 1 amide bonds. The lowest BCUT2D eigenvalue weighted by molar-refractivity contribution is -0.263. The summed E-state index contributed by atoms with van der Waals surface area (Å²) in [6, 6.07) is 8.36. The van der Waals surface area contributed by atoms with E-state index in [0.29, 0.717) is 6.61 Å². The summed E-state index contributed by atoms with van der Waals surface area (Å²) in [5.74, 6) is -1.01. The van der Waals surface area contributed by atoms with Crippen LogP contribution in [-0.2, 0) is 30.4 Å². The van der Waals surface area contributed by atoms with Gasteiger partial charge in [0.25, 0.3) is 0 Å². The molecule has 0 radical (unpaired) electrons. The number of aliphatic hydroxyl groups excluding tert-OH is 2. The number of amides is 1. The molecule has 0 unspecified atom stereocenters. The first-order valence-electron chi connectivity index (χ1n) is 9.21. The smallest absolute Gasteiger partial charge is 0.311 e. The molecule has 5 atom stereocenters. The highest BCUT2D eigenvalue weighted by Crippen LogP contribution is 2.26. The monoisotopic (exact) mass is 395 g/mol. The first kappa shape index (κ1) is 22.3. The average molecular weight is 395 g/mol. The van der Waals surface area contributed by atoms with Crippen LogP contribution >= 0.6 is 0 Å². The molecule has 0 aromatic heterocycles. The fourth-order valence-electron chi connectivity index (χ4n) is 2.77. The van der Waals surface area contributed by atoms with E-state index in [1.807, 2.05) is 30.3 Å². The Morgan fingerprint density at radius 3 is 2.39 bits per heavy atom. The number of hydrogen-bond donors (Lipinski definition) is 3. The maximum absolute atomic E-state index is 12.3. The van der Waals surface area contributed by atoms with Crippen molar-refractivity contribution in [1.82, 2.24) is 5.32 Å². The van der Waals surface area contributed by atoms with Gasteiger partial charge in [-0.3, -0.25) is 9.59 Å². The Bertz CT molecular complexity index is 658. The van der Waals surface area contributed by atoms with Gasteiger partial charge in [0.05, 0.1) is 18.6 Å². The average Bonchev–Trinajstić information content (AvgIpc) is 2.61. The van der Waals surface area contributed by atoms with Gasteiger partial charge in [0, 0.05) is 6.92 Å². The number of carbonyl (C=O) groups excluding carboxylic acids is 2. The lowest BCUT2D eigenvalue weighted by Gasteiger charge is -2.43. The van der Waals surface area contributed by atoms with E-state index in [-0.39, 0.29) is 6.61 Å². The predicted octanol–water partition coefficient (Wildman–Crippen LogP) is 0.744. The van der Waals surface area contributed by atoms with Gasteiger partial charge in [-0.15, -0.1) is 0 Å². The van der Waals surface area contributed by atoms with Gasteiger partial charge in [0.1, 0.15) is 18.2 Å². The summed E-state index contributed by atoms with van der Waals surface area (Å²) in [6.07, 6.45) is -4.86. The Hall–Kier alpha value is -2.00. The molecule has 1 aliphatic heterocycles. The first-order chi connectivity index (χ1) is 13.1. The summed E-state index contributed by atoms with van der Waals surface area (Å²) in [7, 11) is 0. The fraction of sp³-hybridized carbons (Fsp3) is 0.600. The van der Waals surface area contributed by atoms with E-state index >= 15 is 0 Å². The molecule has 0 saturated carbocycles. The van der Waals surface area contributed by atoms with Crippen LogP contribution in [0.3, 0.4) is 0 Å². The molecule has 1 aromatic rings. The minimum absolute atomic E-state index is 0.0243. The standard InChI is InChI=1S/C20H29NO7/c1-12(22)21-15-17(28-19(25)20(2,3)4)16(23)14(27-18(15)24)11-26-10-13-8-6-5-7-9-13/h5-9,14-18,23-24H,10-11H2,1-4H3,(H,21,22)/t14-,15-,16-,17-,18+/m1/s1. The van der Waals surface area contributed by atoms with E-state index in [4.69, 9.17) is 14.2 Å². The third-order valence-electron chi connectivity index (χ3n) is 4.31. The highest BCUT2D eigenvalue weighted by Gasteiger charge is 2.48. The van der Waals surface area contributed by atoms with Crippen molar-refractivity contribution in [2.75, 3.05) is 6.61 Å². The predicted molar refractivity (Wildman–Crippen MR) is 99.9 cm³/mol. The van der Waals surface area contributed by atoms with Crippen molar-refractivity contribution in [3.8, 4) is 0 Å². The molecular formula is C20H29NO7. The summed E-state index contributed by atoms with van der Waals surface area (Å²) in [6.45, 7) is 6.55. The highest BCUT2D eigenvalue weighted by molar-refractivity contribution is 5.76. The van der Waals surface area contributed by atoms with Crippen LogP contribution in [0.4, 0.5) is 0 Å². The van der Waals surface area contributed by atoms with Gasteiger partial charge in [-0.1, -0.05) is 30.3 Å². The van der Waals surface area contributed by atoms with Crippen LogP contribution in [-0.4, -0.2) is 59.3 Å². The normalized spacial score (nSPS) is 27.9. The minimum atomic E-state index is -1.46. The van der Waals surface area contributed by atoms with Crippen LogP contribution in [0, 0.1) is 5.41 Å². The Labute approximate surface area is 164 Å². The molecule has 2 rings (SSSR count). The second-order valence-corrected chi connectivity index (χ2v) is 7.90. The third kappa shape index (κ3) is 6.00. The van der Waals surface area contributed by atoms with E-state index in [1.54, 1.807) is 20.8 Å². The molecule has 8 nitrogen and oxygen atoms in total. The molecule has 1 fully saturated rings. The van der Waals surface area contributed by atoms with Crippen molar-refractivity contribution in [3.63, 3.8) is 0 Å². The van der Waals surface area contributed by atoms with E-state index in [2.05, 4.69) is 5.32 Å². The molecule has 1 saturated heterocycles. The summed E-state index contributed by atoms with van der Waals surface area (Å²) in [5.41, 5.74) is 0.128. The van der Waals surface area contributed by atoms with Gasteiger partial charge >= 0.3 is 5.97 Å². The number of rotatable bonds is 6. The number of esters is 1. The van der Waals surface area contributed by atoms with Crippen molar-refractivity contribution in [3.05, 3.63) is 35.9 Å². The number of carbonyl (C=O) groups is 2. The molecular weight excluding hydrogens is 366 g/mol. The van der Waals surface area contributed by atoms with Crippen LogP contribution < -0.4 is 5.32 Å². The molecule has 1 aromatic carbocycles. The van der Waals surface area contributed by atoms with Gasteiger partial charge in [0.15, 0.2) is 12.4 Å². The second-order valence-electron chi connectivity index (χ2n) is 7.90. The first-order valence-corrected chi connectivity index (χ1v) is 9.21. The van der Waals surface area contributed by atoms with E-state index < -0.39 is 47.9 Å². The zero-order valence-corrected chi connectivity index (χ0v) is 16.6. The number of ether oxygens (including phenoxy) is 3. The molecule has 156 valence electrons. The molecule has 0 spiro atoms. The molecule has 1 heterocycles. The maximum atomic E-state index is 12.3. The molecule has 0 aliphatic carbocycles. The summed E-state index contributed by atoms with van der Waals surface area (Å²) < 4.78 is 16.5. The van der Waals surface area contributed by atoms with Gasteiger partial charge < -0.3 is 29.7 Å². The van der Waals surface area contributed by atoms with Crippen molar-refractivity contribution in [2.45, 2.75) is 64.9 Å². The third-order valence-corrected chi connectivity index (χ3v) is 4.31. The second kappa shape index (κ2) is 9.47. The molecule has 28 heavy (non-hydrogen) atoms. The lowest BCUT2D eigenvalue weighted by atomic mass is 9.94. The summed E-state index contributed by atoms with van der Waals surface area (Å²) >= 11 is 0. The molecule has 1 aliphatic rings. The van der Waals surface area contributed by atoms with Gasteiger partial charge in [-0.05, 0) is 26.3 Å². The summed E-state index contributed by atoms with van der Waals surface area (Å²) in [4.78, 5) is 23.8. The SMILES string of the molecule is CC(=O)N[C@@H]1[C@@H](OC(=O)C(C)(C)C)[C@H](O)[C@@H](COCc2ccccc2)O[C@@H]1O. The van der Waals surface area contributed by atoms with Crippen LogP contribution in [0.5, 0.6) is 0 Å². The Morgan fingerprint density at radius 2 is 1.82 bits per heavy atom. The van der Waals surface area contributed by atoms with Crippen LogP contribution in [0.25, 0.3) is 0 Å². The van der Waals surface area contributed by atoms with Crippen molar-refractivity contribution < 1.29 is 34.0 Å².